The van der Waals surface area contributed by atoms with Crippen molar-refractivity contribution in [3.05, 3.63) is 87.7 Å². The summed E-state index contributed by atoms with van der Waals surface area (Å²) >= 11 is 13.5. The Hall–Kier alpha value is -3.00. The summed E-state index contributed by atoms with van der Waals surface area (Å²) in [6, 6.07) is 15.9. The Bertz CT molecular complexity index is 1420. The van der Waals surface area contributed by atoms with Crippen LogP contribution in [0.25, 0.3) is 27.6 Å². The van der Waals surface area contributed by atoms with Crippen LogP contribution in [0.15, 0.2) is 66.0 Å². The van der Waals surface area contributed by atoms with Crippen molar-refractivity contribution in [1.82, 2.24) is 14.6 Å². The average molecular weight is 474 g/mol. The Balaban J connectivity index is 1.63. The number of halogens is 4. The number of thiazole rings is 1. The molecule has 5 aromatic rings. The number of aromatic nitrogens is 3. The van der Waals surface area contributed by atoms with E-state index in [4.69, 9.17) is 27.9 Å². The van der Waals surface area contributed by atoms with Crippen LogP contribution >= 0.6 is 34.5 Å². The Morgan fingerprint density at radius 2 is 1.68 bits per heavy atom. The highest BCUT2D eigenvalue weighted by Crippen LogP contribution is 2.37. The lowest BCUT2D eigenvalue weighted by Crippen LogP contribution is -1.95. The average Bonchev–Trinajstić information content (AvgIpc) is 3.36. The van der Waals surface area contributed by atoms with Crippen molar-refractivity contribution < 1.29 is 13.5 Å². The first kappa shape index (κ1) is 19.9. The van der Waals surface area contributed by atoms with E-state index in [0.29, 0.717) is 33.4 Å². The summed E-state index contributed by atoms with van der Waals surface area (Å²) in [7, 11) is 0. The maximum absolute atomic E-state index is 14.4. The predicted octanol–water partition coefficient (Wildman–Crippen LogP) is 7.50. The van der Waals surface area contributed by atoms with Crippen LogP contribution in [0.3, 0.4) is 0 Å². The molecule has 5 rings (SSSR count). The first-order valence-corrected chi connectivity index (χ1v) is 10.6. The number of para-hydroxylation sites is 1. The molecule has 0 saturated heterocycles. The molecule has 3 aromatic carbocycles. The van der Waals surface area contributed by atoms with Gasteiger partial charge in [-0.2, -0.15) is 0 Å². The van der Waals surface area contributed by atoms with Crippen molar-refractivity contribution in [2.24, 2.45) is 0 Å². The number of hydrogen-bond donors (Lipinski definition) is 0. The number of hydrogen-bond acceptors (Lipinski definition) is 4. The highest BCUT2D eigenvalue weighted by Gasteiger charge is 2.19. The van der Waals surface area contributed by atoms with Gasteiger partial charge in [0.1, 0.15) is 11.6 Å². The molecule has 0 bridgehead atoms. The number of fused-ring (bicyclic) bond motifs is 1. The summed E-state index contributed by atoms with van der Waals surface area (Å²) in [6.07, 6.45) is 0. The van der Waals surface area contributed by atoms with Gasteiger partial charge in [0.05, 0.1) is 15.7 Å². The van der Waals surface area contributed by atoms with E-state index in [1.165, 1.54) is 29.5 Å². The second-order valence-corrected chi connectivity index (χ2v) is 8.22. The fourth-order valence-corrected chi connectivity index (χ4v) is 4.46. The Morgan fingerprint density at radius 1 is 0.871 bits per heavy atom. The molecule has 0 atom stereocenters. The van der Waals surface area contributed by atoms with Crippen molar-refractivity contribution in [2.75, 3.05) is 0 Å². The van der Waals surface area contributed by atoms with Crippen molar-refractivity contribution >= 4 is 39.5 Å². The van der Waals surface area contributed by atoms with E-state index >= 15 is 0 Å². The topological polar surface area (TPSA) is 39.4 Å². The highest BCUT2D eigenvalue weighted by molar-refractivity contribution is 7.15. The molecule has 4 nitrogen and oxygen atoms in total. The van der Waals surface area contributed by atoms with Crippen LogP contribution in [0.2, 0.25) is 10.0 Å². The number of rotatable bonds is 4. The zero-order valence-corrected chi connectivity index (χ0v) is 17.8. The van der Waals surface area contributed by atoms with Crippen molar-refractivity contribution in [1.29, 1.82) is 0 Å². The first-order chi connectivity index (χ1) is 15.0. The molecular weight excluding hydrogens is 463 g/mol. The largest absolute Gasteiger partial charge is 0.454 e. The van der Waals surface area contributed by atoms with E-state index in [9.17, 15) is 8.78 Å². The lowest BCUT2D eigenvalue weighted by Gasteiger charge is -2.09. The van der Waals surface area contributed by atoms with Crippen molar-refractivity contribution in [2.45, 2.75) is 0 Å². The van der Waals surface area contributed by atoms with Gasteiger partial charge >= 0.3 is 0 Å². The third kappa shape index (κ3) is 3.65. The lowest BCUT2D eigenvalue weighted by molar-refractivity contribution is 0.442. The third-order valence-corrected chi connectivity index (χ3v) is 6.02. The van der Waals surface area contributed by atoms with Gasteiger partial charge in [0.25, 0.3) is 0 Å². The molecule has 154 valence electrons. The minimum atomic E-state index is -0.588. The van der Waals surface area contributed by atoms with Gasteiger partial charge in [0, 0.05) is 16.5 Å². The van der Waals surface area contributed by atoms with E-state index in [0.717, 1.165) is 0 Å². The van der Waals surface area contributed by atoms with Gasteiger partial charge in [0.15, 0.2) is 17.4 Å². The maximum atomic E-state index is 14.4. The van der Waals surface area contributed by atoms with Gasteiger partial charge < -0.3 is 4.74 Å². The molecular formula is C22H11Cl2F2N3OS. The van der Waals surface area contributed by atoms with E-state index in [-0.39, 0.29) is 15.8 Å². The van der Waals surface area contributed by atoms with E-state index < -0.39 is 11.6 Å². The molecule has 0 radical (unpaired) electrons. The molecule has 0 fully saturated rings. The Kier molecular flexibility index (Phi) is 5.09. The Morgan fingerprint density at radius 3 is 2.48 bits per heavy atom. The molecule has 0 amide bonds. The standard InChI is InChI=1S/C22H11Cl2F2N3OS/c23-15-10-16(24)18(26)9-14(15)19-11-31-22-28-27-21(29(19)22)12-6-7-17(25)20(8-12)30-13-4-2-1-3-5-13/h1-11H. The first-order valence-electron chi connectivity index (χ1n) is 9.01. The highest BCUT2D eigenvalue weighted by atomic mass is 35.5. The summed E-state index contributed by atoms with van der Waals surface area (Å²) in [4.78, 5) is 0.575. The second-order valence-electron chi connectivity index (χ2n) is 6.57. The fourth-order valence-electron chi connectivity index (χ4n) is 3.15. The maximum Gasteiger partial charge on any atom is 0.216 e. The zero-order valence-electron chi connectivity index (χ0n) is 15.5. The fraction of sp³-hybridized carbons (Fsp3) is 0. The summed E-state index contributed by atoms with van der Waals surface area (Å²) in [6.45, 7) is 0. The molecule has 2 heterocycles. The van der Waals surface area contributed by atoms with E-state index in [1.807, 2.05) is 6.07 Å². The molecule has 0 aliphatic rings. The van der Waals surface area contributed by atoms with Crippen LogP contribution < -0.4 is 4.74 Å². The summed E-state index contributed by atoms with van der Waals surface area (Å²) in [5, 5.41) is 10.4. The molecule has 0 aliphatic carbocycles. The Labute approximate surface area is 189 Å². The molecule has 31 heavy (non-hydrogen) atoms. The van der Waals surface area contributed by atoms with Gasteiger partial charge in [0.2, 0.25) is 4.96 Å². The molecule has 0 saturated carbocycles. The van der Waals surface area contributed by atoms with E-state index in [2.05, 4.69) is 10.2 Å². The van der Waals surface area contributed by atoms with Crippen LogP contribution in [0, 0.1) is 11.6 Å². The monoisotopic (exact) mass is 473 g/mol. The van der Waals surface area contributed by atoms with Gasteiger partial charge in [-0.25, -0.2) is 8.78 Å². The minimum absolute atomic E-state index is 0.0489. The smallest absolute Gasteiger partial charge is 0.216 e. The molecule has 0 N–H and O–H groups in total. The van der Waals surface area contributed by atoms with Crippen molar-refractivity contribution in [3.63, 3.8) is 0 Å². The summed E-state index contributed by atoms with van der Waals surface area (Å²) in [5.74, 6) is -0.106. The van der Waals surface area contributed by atoms with Gasteiger partial charge in [-0.3, -0.25) is 4.40 Å². The van der Waals surface area contributed by atoms with Crippen LogP contribution in [0.1, 0.15) is 0 Å². The number of ether oxygens (including phenoxy) is 1. The second kappa shape index (κ2) is 7.92. The molecule has 0 spiro atoms. The number of benzene rings is 3. The van der Waals surface area contributed by atoms with Crippen LogP contribution in [0.5, 0.6) is 11.5 Å². The SMILES string of the molecule is Fc1cc(-c2csc3nnc(-c4ccc(F)c(Oc5ccccc5)c4)n23)c(Cl)cc1Cl. The number of nitrogens with zero attached hydrogens (tertiary/aromatic N) is 3. The van der Waals surface area contributed by atoms with Gasteiger partial charge in [-0.05, 0) is 42.5 Å². The molecule has 9 heteroatoms. The third-order valence-electron chi connectivity index (χ3n) is 4.60. The predicted molar refractivity (Wildman–Crippen MR) is 118 cm³/mol. The van der Waals surface area contributed by atoms with Crippen LogP contribution in [-0.2, 0) is 0 Å². The minimum Gasteiger partial charge on any atom is -0.454 e. The lowest BCUT2D eigenvalue weighted by atomic mass is 10.1. The van der Waals surface area contributed by atoms with Gasteiger partial charge in [-0.1, -0.05) is 41.4 Å². The van der Waals surface area contributed by atoms with Gasteiger partial charge in [-0.15, -0.1) is 21.5 Å². The van der Waals surface area contributed by atoms with E-state index in [1.54, 1.807) is 46.2 Å². The van der Waals surface area contributed by atoms with Crippen LogP contribution in [0.4, 0.5) is 8.78 Å². The molecule has 2 aromatic heterocycles. The molecule has 0 unspecified atom stereocenters. The normalized spacial score (nSPS) is 11.2. The summed E-state index contributed by atoms with van der Waals surface area (Å²) in [5.41, 5.74) is 1.61. The summed E-state index contributed by atoms with van der Waals surface area (Å²) < 4.78 is 35.9. The quantitative estimate of drug-likeness (QED) is 0.253. The van der Waals surface area contributed by atoms with Crippen molar-refractivity contribution in [3.8, 4) is 34.1 Å². The van der Waals surface area contributed by atoms with Crippen LogP contribution in [-0.4, -0.2) is 14.6 Å². The zero-order chi connectivity index (χ0) is 21.5. The molecule has 0 aliphatic heterocycles.